The summed E-state index contributed by atoms with van der Waals surface area (Å²) < 4.78 is 28.6. The lowest BCUT2D eigenvalue weighted by Crippen LogP contribution is -2.10. The van der Waals surface area contributed by atoms with Crippen LogP contribution >= 0.6 is 0 Å². The van der Waals surface area contributed by atoms with E-state index in [0.717, 1.165) is 5.56 Å². The van der Waals surface area contributed by atoms with Crippen molar-refractivity contribution in [3.63, 3.8) is 0 Å². The molecular formula is C12H11NO3S. The van der Waals surface area contributed by atoms with Gasteiger partial charge in [0.15, 0.2) is 0 Å². The Bertz CT molecular complexity index is 591. The summed E-state index contributed by atoms with van der Waals surface area (Å²) >= 11 is 0. The van der Waals surface area contributed by atoms with Crippen LogP contribution in [0.15, 0.2) is 53.6 Å². The maximum Gasteiger partial charge on any atom is 0.340 e. The van der Waals surface area contributed by atoms with Gasteiger partial charge in [0.25, 0.3) is 0 Å². The fourth-order valence-electron chi connectivity index (χ4n) is 1.26. The number of pyridine rings is 1. The number of rotatable bonds is 3. The molecule has 0 saturated carbocycles. The SMILES string of the molecule is Cc1ccc(S(=O)(=O)Oc2ccccn2)cc1. The van der Waals surface area contributed by atoms with Crippen molar-refractivity contribution in [2.24, 2.45) is 0 Å². The molecule has 4 nitrogen and oxygen atoms in total. The van der Waals surface area contributed by atoms with E-state index >= 15 is 0 Å². The molecule has 0 atom stereocenters. The lowest BCUT2D eigenvalue weighted by molar-refractivity contribution is 0.476. The topological polar surface area (TPSA) is 56.3 Å². The minimum Gasteiger partial charge on any atom is -0.358 e. The van der Waals surface area contributed by atoms with Crippen molar-refractivity contribution < 1.29 is 12.6 Å². The van der Waals surface area contributed by atoms with Crippen LogP contribution in [0.5, 0.6) is 5.88 Å². The maximum atomic E-state index is 11.9. The Labute approximate surface area is 100 Å². The van der Waals surface area contributed by atoms with E-state index in [0.29, 0.717) is 0 Å². The molecule has 0 saturated heterocycles. The van der Waals surface area contributed by atoms with E-state index in [-0.39, 0.29) is 10.8 Å². The molecule has 0 aliphatic heterocycles. The highest BCUT2D eigenvalue weighted by Crippen LogP contribution is 2.16. The number of aromatic nitrogens is 1. The minimum atomic E-state index is -3.79. The number of aryl methyl sites for hydroxylation is 1. The summed E-state index contributed by atoms with van der Waals surface area (Å²) in [5, 5.41) is 0. The second-order valence-electron chi connectivity index (χ2n) is 3.52. The first-order chi connectivity index (χ1) is 8.08. The summed E-state index contributed by atoms with van der Waals surface area (Å²) in [5.74, 6) is 0.0630. The van der Waals surface area contributed by atoms with E-state index in [1.165, 1.54) is 24.4 Å². The summed E-state index contributed by atoms with van der Waals surface area (Å²) in [6.07, 6.45) is 1.47. The fourth-order valence-corrected chi connectivity index (χ4v) is 2.15. The van der Waals surface area contributed by atoms with E-state index in [1.54, 1.807) is 24.3 Å². The summed E-state index contributed by atoms with van der Waals surface area (Å²) in [7, 11) is -3.79. The monoisotopic (exact) mass is 249 g/mol. The van der Waals surface area contributed by atoms with Crippen LogP contribution in [0.25, 0.3) is 0 Å². The van der Waals surface area contributed by atoms with E-state index in [9.17, 15) is 8.42 Å². The molecule has 0 amide bonds. The van der Waals surface area contributed by atoms with Gasteiger partial charge in [0.1, 0.15) is 4.90 Å². The second-order valence-corrected chi connectivity index (χ2v) is 5.06. The Morgan fingerprint density at radius 1 is 1.06 bits per heavy atom. The zero-order valence-corrected chi connectivity index (χ0v) is 10.0. The normalized spacial score (nSPS) is 11.1. The Morgan fingerprint density at radius 3 is 2.35 bits per heavy atom. The van der Waals surface area contributed by atoms with Gasteiger partial charge in [-0.3, -0.25) is 0 Å². The van der Waals surface area contributed by atoms with Crippen LogP contribution in [0.1, 0.15) is 5.56 Å². The van der Waals surface area contributed by atoms with Crippen LogP contribution in [0.4, 0.5) is 0 Å². The van der Waals surface area contributed by atoms with E-state index in [4.69, 9.17) is 4.18 Å². The highest BCUT2D eigenvalue weighted by molar-refractivity contribution is 7.87. The Kier molecular flexibility index (Phi) is 3.10. The van der Waals surface area contributed by atoms with Gasteiger partial charge >= 0.3 is 10.1 Å². The van der Waals surface area contributed by atoms with Crippen molar-refractivity contribution >= 4 is 10.1 Å². The quantitative estimate of drug-likeness (QED) is 0.782. The first kappa shape index (κ1) is 11.6. The van der Waals surface area contributed by atoms with Gasteiger partial charge in [0.05, 0.1) is 0 Å². The van der Waals surface area contributed by atoms with Crippen LogP contribution < -0.4 is 4.18 Å². The molecule has 5 heteroatoms. The van der Waals surface area contributed by atoms with Gasteiger partial charge in [-0.1, -0.05) is 23.8 Å². The van der Waals surface area contributed by atoms with Gasteiger partial charge in [-0.25, -0.2) is 4.98 Å². The van der Waals surface area contributed by atoms with E-state index < -0.39 is 10.1 Å². The molecule has 0 N–H and O–H groups in total. The zero-order valence-electron chi connectivity index (χ0n) is 9.20. The van der Waals surface area contributed by atoms with Crippen LogP contribution in [-0.2, 0) is 10.1 Å². The third kappa shape index (κ3) is 2.82. The predicted molar refractivity (Wildman–Crippen MR) is 63.2 cm³/mol. The Hall–Kier alpha value is -1.88. The molecule has 0 bridgehead atoms. The van der Waals surface area contributed by atoms with Crippen LogP contribution in [-0.4, -0.2) is 13.4 Å². The third-order valence-corrected chi connectivity index (χ3v) is 3.38. The maximum absolute atomic E-state index is 11.9. The Balaban J connectivity index is 2.29. The molecule has 1 aromatic heterocycles. The largest absolute Gasteiger partial charge is 0.358 e. The molecular weight excluding hydrogens is 238 g/mol. The first-order valence-electron chi connectivity index (χ1n) is 5.00. The van der Waals surface area contributed by atoms with E-state index in [1.807, 2.05) is 6.92 Å². The van der Waals surface area contributed by atoms with Crippen LogP contribution in [0, 0.1) is 6.92 Å². The zero-order chi connectivity index (χ0) is 12.3. The van der Waals surface area contributed by atoms with Crippen molar-refractivity contribution in [3.8, 4) is 5.88 Å². The average molecular weight is 249 g/mol. The van der Waals surface area contributed by atoms with Crippen molar-refractivity contribution in [2.45, 2.75) is 11.8 Å². The standard InChI is InChI=1S/C12H11NO3S/c1-10-5-7-11(8-6-10)17(14,15)16-12-4-2-3-9-13-12/h2-9H,1H3. The number of nitrogens with zero attached hydrogens (tertiary/aromatic N) is 1. The molecule has 0 unspecified atom stereocenters. The lowest BCUT2D eigenvalue weighted by Gasteiger charge is -2.05. The molecule has 0 aliphatic carbocycles. The van der Waals surface area contributed by atoms with E-state index in [2.05, 4.69) is 4.98 Å². The summed E-state index contributed by atoms with van der Waals surface area (Å²) in [4.78, 5) is 3.92. The van der Waals surface area contributed by atoms with Gasteiger partial charge in [0, 0.05) is 12.3 Å². The van der Waals surface area contributed by atoms with Gasteiger partial charge in [-0.15, -0.1) is 0 Å². The van der Waals surface area contributed by atoms with Crippen LogP contribution in [0.3, 0.4) is 0 Å². The first-order valence-corrected chi connectivity index (χ1v) is 6.41. The van der Waals surface area contributed by atoms with Crippen molar-refractivity contribution in [2.75, 3.05) is 0 Å². The number of hydrogen-bond acceptors (Lipinski definition) is 4. The molecule has 88 valence electrons. The predicted octanol–water partition coefficient (Wildman–Crippen LogP) is 2.16. The fraction of sp³-hybridized carbons (Fsp3) is 0.0833. The van der Waals surface area contributed by atoms with Crippen molar-refractivity contribution in [1.82, 2.24) is 4.98 Å². The molecule has 1 heterocycles. The average Bonchev–Trinajstić information content (AvgIpc) is 2.30. The molecule has 0 aliphatic rings. The van der Waals surface area contributed by atoms with Crippen molar-refractivity contribution in [3.05, 3.63) is 54.2 Å². The summed E-state index contributed by atoms with van der Waals surface area (Å²) in [6, 6.07) is 11.3. The molecule has 1 aromatic carbocycles. The molecule has 0 spiro atoms. The molecule has 0 radical (unpaired) electrons. The van der Waals surface area contributed by atoms with Gasteiger partial charge < -0.3 is 4.18 Å². The summed E-state index contributed by atoms with van der Waals surface area (Å²) in [5.41, 5.74) is 0.988. The molecule has 2 rings (SSSR count). The van der Waals surface area contributed by atoms with Gasteiger partial charge in [0.2, 0.25) is 5.88 Å². The molecule has 2 aromatic rings. The highest BCUT2D eigenvalue weighted by atomic mass is 32.2. The lowest BCUT2D eigenvalue weighted by atomic mass is 10.2. The van der Waals surface area contributed by atoms with Crippen molar-refractivity contribution in [1.29, 1.82) is 0 Å². The molecule has 0 fully saturated rings. The summed E-state index contributed by atoms with van der Waals surface area (Å²) in [6.45, 7) is 1.88. The minimum absolute atomic E-state index is 0.0630. The molecule has 17 heavy (non-hydrogen) atoms. The third-order valence-electron chi connectivity index (χ3n) is 2.14. The van der Waals surface area contributed by atoms with Crippen LogP contribution in [0.2, 0.25) is 0 Å². The smallest absolute Gasteiger partial charge is 0.340 e. The Morgan fingerprint density at radius 2 is 1.76 bits per heavy atom. The number of benzene rings is 1. The number of hydrogen-bond donors (Lipinski definition) is 0. The highest BCUT2D eigenvalue weighted by Gasteiger charge is 2.16. The van der Waals surface area contributed by atoms with Gasteiger partial charge in [-0.05, 0) is 25.1 Å². The second kappa shape index (κ2) is 4.55. The van der Waals surface area contributed by atoms with Gasteiger partial charge in [-0.2, -0.15) is 8.42 Å².